The van der Waals surface area contributed by atoms with Gasteiger partial charge in [-0.3, -0.25) is 4.98 Å². The molecule has 2 aromatic rings. The predicted molar refractivity (Wildman–Crippen MR) is 66.9 cm³/mol. The third-order valence-corrected chi connectivity index (χ3v) is 2.76. The van der Waals surface area contributed by atoms with E-state index < -0.39 is 0 Å². The molecule has 2 amide bonds. The van der Waals surface area contributed by atoms with Crippen molar-refractivity contribution < 1.29 is 4.79 Å². The highest BCUT2D eigenvalue weighted by molar-refractivity contribution is 5.92. The third kappa shape index (κ3) is 2.36. The molecule has 0 spiro atoms. The highest BCUT2D eigenvalue weighted by atomic mass is 16.2. The number of nitrogens with one attached hydrogen (secondary N) is 2. The molecular formula is C13H13N3O. The molecule has 4 heteroatoms. The summed E-state index contributed by atoms with van der Waals surface area (Å²) in [5.41, 5.74) is 1.66. The van der Waals surface area contributed by atoms with E-state index in [2.05, 4.69) is 15.6 Å². The fraction of sp³-hybridized carbons (Fsp3) is 0.231. The van der Waals surface area contributed by atoms with E-state index in [-0.39, 0.29) is 6.03 Å². The molecule has 86 valence electrons. The Hall–Kier alpha value is -2.10. The third-order valence-electron chi connectivity index (χ3n) is 2.76. The first-order valence-electron chi connectivity index (χ1n) is 5.73. The highest BCUT2D eigenvalue weighted by Crippen LogP contribution is 2.19. The van der Waals surface area contributed by atoms with Gasteiger partial charge in [0, 0.05) is 11.4 Å². The summed E-state index contributed by atoms with van der Waals surface area (Å²) >= 11 is 0. The van der Waals surface area contributed by atoms with Gasteiger partial charge < -0.3 is 10.6 Å². The number of hydrogen-bond acceptors (Lipinski definition) is 2. The number of anilines is 1. The Morgan fingerprint density at radius 3 is 2.94 bits per heavy atom. The molecule has 1 aliphatic carbocycles. The molecular weight excluding hydrogens is 214 g/mol. The van der Waals surface area contributed by atoms with E-state index in [4.69, 9.17) is 0 Å². The molecule has 1 aliphatic rings. The number of nitrogens with zero attached hydrogens (tertiary/aromatic N) is 1. The van der Waals surface area contributed by atoms with E-state index in [0.29, 0.717) is 6.04 Å². The van der Waals surface area contributed by atoms with Gasteiger partial charge in [0.15, 0.2) is 0 Å². The van der Waals surface area contributed by atoms with Crippen molar-refractivity contribution in [2.75, 3.05) is 5.32 Å². The standard InChI is InChI=1S/C13H13N3O/c17-13(15-10-5-6-10)16-11-7-9-3-1-2-4-12(9)14-8-11/h1-4,7-8,10H,5-6H2,(H2,15,16,17). The van der Waals surface area contributed by atoms with E-state index in [9.17, 15) is 4.79 Å². The SMILES string of the molecule is O=C(Nc1cnc2ccccc2c1)NC1CC1. The van der Waals surface area contributed by atoms with Crippen molar-refractivity contribution in [3.05, 3.63) is 36.5 Å². The zero-order valence-electron chi connectivity index (χ0n) is 9.31. The number of aromatic nitrogens is 1. The summed E-state index contributed by atoms with van der Waals surface area (Å²) in [5, 5.41) is 6.69. The van der Waals surface area contributed by atoms with E-state index in [1.807, 2.05) is 30.3 Å². The Morgan fingerprint density at radius 1 is 1.29 bits per heavy atom. The first kappa shape index (κ1) is 10.1. The van der Waals surface area contributed by atoms with Crippen molar-refractivity contribution >= 4 is 22.6 Å². The number of carbonyl (C=O) groups excluding carboxylic acids is 1. The van der Waals surface area contributed by atoms with Crippen molar-refractivity contribution in [1.82, 2.24) is 10.3 Å². The first-order valence-corrected chi connectivity index (χ1v) is 5.73. The summed E-state index contributed by atoms with van der Waals surface area (Å²) in [6, 6.07) is 9.97. The van der Waals surface area contributed by atoms with Crippen LogP contribution in [-0.4, -0.2) is 17.1 Å². The summed E-state index contributed by atoms with van der Waals surface area (Å²) in [7, 11) is 0. The number of benzene rings is 1. The van der Waals surface area contributed by atoms with Crippen LogP contribution in [-0.2, 0) is 0 Å². The largest absolute Gasteiger partial charge is 0.335 e. The lowest BCUT2D eigenvalue weighted by Gasteiger charge is -2.06. The molecule has 0 unspecified atom stereocenters. The van der Waals surface area contributed by atoms with E-state index in [1.54, 1.807) is 6.20 Å². The Bertz CT molecular complexity index is 563. The zero-order chi connectivity index (χ0) is 11.7. The summed E-state index contributed by atoms with van der Waals surface area (Å²) in [6.07, 6.45) is 3.85. The lowest BCUT2D eigenvalue weighted by molar-refractivity contribution is 0.251. The second-order valence-electron chi connectivity index (χ2n) is 4.29. The molecule has 1 saturated carbocycles. The average molecular weight is 227 g/mol. The Morgan fingerprint density at radius 2 is 2.12 bits per heavy atom. The van der Waals surface area contributed by atoms with Crippen LogP contribution in [0, 0.1) is 0 Å². The topological polar surface area (TPSA) is 54.0 Å². The molecule has 0 atom stereocenters. The minimum absolute atomic E-state index is 0.149. The molecule has 1 aromatic carbocycles. The Balaban J connectivity index is 1.77. The van der Waals surface area contributed by atoms with Gasteiger partial charge in [-0.2, -0.15) is 0 Å². The summed E-state index contributed by atoms with van der Waals surface area (Å²) in [5.74, 6) is 0. The minimum Gasteiger partial charge on any atom is -0.335 e. The van der Waals surface area contributed by atoms with Crippen LogP contribution in [0.1, 0.15) is 12.8 Å². The molecule has 1 aromatic heterocycles. The van der Waals surface area contributed by atoms with Crippen LogP contribution in [0.25, 0.3) is 10.9 Å². The molecule has 0 aliphatic heterocycles. The van der Waals surface area contributed by atoms with Crippen LogP contribution in [0.2, 0.25) is 0 Å². The number of amides is 2. The van der Waals surface area contributed by atoms with Gasteiger partial charge in [0.05, 0.1) is 17.4 Å². The quantitative estimate of drug-likeness (QED) is 0.828. The molecule has 17 heavy (non-hydrogen) atoms. The van der Waals surface area contributed by atoms with Gasteiger partial charge >= 0.3 is 6.03 Å². The number of pyridine rings is 1. The van der Waals surface area contributed by atoms with Crippen molar-refractivity contribution in [2.45, 2.75) is 18.9 Å². The van der Waals surface area contributed by atoms with Gasteiger partial charge in [0.2, 0.25) is 0 Å². The molecule has 0 radical (unpaired) electrons. The van der Waals surface area contributed by atoms with Gasteiger partial charge in [-0.25, -0.2) is 4.79 Å². The molecule has 0 saturated heterocycles. The van der Waals surface area contributed by atoms with Gasteiger partial charge in [0.1, 0.15) is 0 Å². The van der Waals surface area contributed by atoms with Gasteiger partial charge in [-0.15, -0.1) is 0 Å². The molecule has 0 bridgehead atoms. The lowest BCUT2D eigenvalue weighted by atomic mass is 10.2. The smallest absolute Gasteiger partial charge is 0.319 e. The van der Waals surface area contributed by atoms with Gasteiger partial charge in [0.25, 0.3) is 0 Å². The Labute approximate surface area is 99.0 Å². The fourth-order valence-electron chi connectivity index (χ4n) is 1.72. The predicted octanol–water partition coefficient (Wildman–Crippen LogP) is 2.52. The van der Waals surface area contributed by atoms with E-state index in [1.165, 1.54) is 0 Å². The lowest BCUT2D eigenvalue weighted by Crippen LogP contribution is -2.30. The first-order chi connectivity index (χ1) is 8.31. The number of hydrogen-bond donors (Lipinski definition) is 2. The molecule has 4 nitrogen and oxygen atoms in total. The number of fused-ring (bicyclic) bond motifs is 1. The van der Waals surface area contributed by atoms with Crippen LogP contribution in [0.5, 0.6) is 0 Å². The van der Waals surface area contributed by atoms with Crippen LogP contribution in [0.3, 0.4) is 0 Å². The van der Waals surface area contributed by atoms with Crippen molar-refractivity contribution in [3.63, 3.8) is 0 Å². The maximum absolute atomic E-state index is 11.5. The number of para-hydroxylation sites is 1. The number of urea groups is 1. The van der Waals surface area contributed by atoms with Crippen LogP contribution in [0.15, 0.2) is 36.5 Å². The van der Waals surface area contributed by atoms with Crippen LogP contribution >= 0.6 is 0 Å². The maximum atomic E-state index is 11.5. The Kier molecular flexibility index (Phi) is 2.40. The van der Waals surface area contributed by atoms with Crippen LogP contribution in [0.4, 0.5) is 10.5 Å². The summed E-state index contributed by atoms with van der Waals surface area (Å²) in [6.45, 7) is 0. The van der Waals surface area contributed by atoms with Crippen LogP contribution < -0.4 is 10.6 Å². The van der Waals surface area contributed by atoms with E-state index >= 15 is 0 Å². The zero-order valence-corrected chi connectivity index (χ0v) is 9.31. The minimum atomic E-state index is -0.149. The highest BCUT2D eigenvalue weighted by Gasteiger charge is 2.23. The number of rotatable bonds is 2. The van der Waals surface area contributed by atoms with Crippen molar-refractivity contribution in [2.24, 2.45) is 0 Å². The molecule has 2 N–H and O–H groups in total. The number of carbonyl (C=O) groups is 1. The molecule has 1 fully saturated rings. The monoisotopic (exact) mass is 227 g/mol. The molecule has 3 rings (SSSR count). The van der Waals surface area contributed by atoms with E-state index in [0.717, 1.165) is 29.4 Å². The molecule has 1 heterocycles. The van der Waals surface area contributed by atoms with Crippen molar-refractivity contribution in [1.29, 1.82) is 0 Å². The second-order valence-corrected chi connectivity index (χ2v) is 4.29. The normalized spacial score (nSPS) is 14.6. The second kappa shape index (κ2) is 4.05. The van der Waals surface area contributed by atoms with Gasteiger partial charge in [-0.1, -0.05) is 18.2 Å². The van der Waals surface area contributed by atoms with Crippen molar-refractivity contribution in [3.8, 4) is 0 Å². The summed E-state index contributed by atoms with van der Waals surface area (Å²) < 4.78 is 0. The summed E-state index contributed by atoms with van der Waals surface area (Å²) in [4.78, 5) is 15.8. The average Bonchev–Trinajstić information content (AvgIpc) is 3.12. The van der Waals surface area contributed by atoms with Gasteiger partial charge in [-0.05, 0) is 25.0 Å². The maximum Gasteiger partial charge on any atom is 0.319 e. The fourth-order valence-corrected chi connectivity index (χ4v) is 1.72.